The summed E-state index contributed by atoms with van der Waals surface area (Å²) in [6.07, 6.45) is 5.91. The van der Waals surface area contributed by atoms with Crippen LogP contribution >= 0.6 is 0 Å². The van der Waals surface area contributed by atoms with Crippen LogP contribution in [0.5, 0.6) is 0 Å². The zero-order chi connectivity index (χ0) is 23.1. The van der Waals surface area contributed by atoms with Gasteiger partial charge in [-0.05, 0) is 43.7 Å². The number of piperazine rings is 1. The topological polar surface area (TPSA) is 105 Å². The number of likely N-dealkylation sites (tertiary alicyclic amines) is 1. The molecule has 2 bridgehead atoms. The Morgan fingerprint density at radius 3 is 2.58 bits per heavy atom. The molecule has 0 aliphatic carbocycles. The van der Waals surface area contributed by atoms with Crippen LogP contribution in [0.15, 0.2) is 23.0 Å². The Balaban J connectivity index is 1.31. The van der Waals surface area contributed by atoms with E-state index in [0.29, 0.717) is 43.3 Å². The highest BCUT2D eigenvalue weighted by molar-refractivity contribution is 6.00. The van der Waals surface area contributed by atoms with Crippen molar-refractivity contribution in [3.63, 3.8) is 0 Å². The molecule has 3 saturated heterocycles. The predicted molar refractivity (Wildman–Crippen MR) is 123 cm³/mol. The zero-order valence-corrected chi connectivity index (χ0v) is 19.0. The van der Waals surface area contributed by atoms with Crippen LogP contribution in [-0.2, 0) is 27.9 Å². The number of piperidine rings is 2. The monoisotopic (exact) mass is 453 g/mol. The standard InChI is InChI=1S/C24H31N5O4/c1-27-22-15(6-3-10-21(31)28-13-16-7-4-8-17(14-28)25-16)5-2-9-18(22)29(24(27)33)19-11-12-20(30)26-23(19)32/h2,5,9,16-17,19,25H,3-4,6-8,10-14H2,1H3,(H,26,30,32)/t16-,17+,19?. The van der Waals surface area contributed by atoms with E-state index in [4.69, 9.17) is 0 Å². The van der Waals surface area contributed by atoms with Gasteiger partial charge >= 0.3 is 5.69 Å². The van der Waals surface area contributed by atoms with Crippen molar-refractivity contribution in [3.8, 4) is 0 Å². The summed E-state index contributed by atoms with van der Waals surface area (Å²) >= 11 is 0. The van der Waals surface area contributed by atoms with Gasteiger partial charge in [0.15, 0.2) is 0 Å². The van der Waals surface area contributed by atoms with Crippen molar-refractivity contribution in [2.45, 2.75) is 69.5 Å². The van der Waals surface area contributed by atoms with Gasteiger partial charge in [-0.2, -0.15) is 0 Å². The fraction of sp³-hybridized carbons (Fsp3) is 0.583. The van der Waals surface area contributed by atoms with Crippen molar-refractivity contribution in [2.24, 2.45) is 7.05 Å². The molecule has 1 aromatic heterocycles. The molecule has 0 saturated carbocycles. The molecule has 33 heavy (non-hydrogen) atoms. The van der Waals surface area contributed by atoms with Crippen molar-refractivity contribution in [3.05, 3.63) is 34.2 Å². The average molecular weight is 454 g/mol. The van der Waals surface area contributed by atoms with E-state index in [1.807, 2.05) is 23.1 Å². The molecule has 3 aliphatic rings. The van der Waals surface area contributed by atoms with E-state index in [-0.39, 0.29) is 23.9 Å². The second-order valence-corrected chi connectivity index (χ2v) is 9.61. The lowest BCUT2D eigenvalue weighted by Crippen LogP contribution is -2.59. The second-order valence-electron chi connectivity index (χ2n) is 9.61. The fourth-order valence-corrected chi connectivity index (χ4v) is 5.75. The normalized spacial score (nSPS) is 25.4. The number of para-hydroxylation sites is 1. The summed E-state index contributed by atoms with van der Waals surface area (Å²) < 4.78 is 3.08. The molecule has 0 radical (unpaired) electrons. The van der Waals surface area contributed by atoms with Crippen LogP contribution in [0, 0.1) is 0 Å². The van der Waals surface area contributed by atoms with Gasteiger partial charge in [0.05, 0.1) is 11.0 Å². The summed E-state index contributed by atoms with van der Waals surface area (Å²) in [7, 11) is 1.71. The smallest absolute Gasteiger partial charge is 0.329 e. The Hall–Kier alpha value is -2.94. The minimum Gasteiger partial charge on any atom is -0.340 e. The number of imidazole rings is 1. The van der Waals surface area contributed by atoms with Gasteiger partial charge in [0.1, 0.15) is 6.04 Å². The van der Waals surface area contributed by atoms with Gasteiger partial charge in [-0.1, -0.05) is 18.6 Å². The molecule has 3 fully saturated rings. The number of nitrogens with one attached hydrogen (secondary N) is 2. The van der Waals surface area contributed by atoms with Gasteiger partial charge in [-0.25, -0.2) is 4.79 Å². The van der Waals surface area contributed by atoms with E-state index < -0.39 is 11.9 Å². The molecule has 0 spiro atoms. The molecule has 4 heterocycles. The first-order valence-corrected chi connectivity index (χ1v) is 12.0. The number of nitrogens with zero attached hydrogens (tertiary/aromatic N) is 3. The van der Waals surface area contributed by atoms with Crippen molar-refractivity contribution in [1.82, 2.24) is 24.7 Å². The average Bonchev–Trinajstić information content (AvgIpc) is 3.04. The molecule has 9 heteroatoms. The van der Waals surface area contributed by atoms with Gasteiger partial charge in [-0.3, -0.25) is 28.8 Å². The summed E-state index contributed by atoms with van der Waals surface area (Å²) in [5.74, 6) is -0.531. The fourth-order valence-electron chi connectivity index (χ4n) is 5.75. The number of benzene rings is 1. The van der Waals surface area contributed by atoms with Crippen LogP contribution < -0.4 is 16.3 Å². The van der Waals surface area contributed by atoms with Crippen LogP contribution in [0.25, 0.3) is 11.0 Å². The van der Waals surface area contributed by atoms with Gasteiger partial charge in [0.25, 0.3) is 0 Å². The van der Waals surface area contributed by atoms with E-state index in [0.717, 1.165) is 37.0 Å². The number of hydrogen-bond acceptors (Lipinski definition) is 5. The highest BCUT2D eigenvalue weighted by Gasteiger charge is 2.33. The number of carbonyl (C=O) groups excluding carboxylic acids is 3. The number of imide groups is 1. The Labute approximate surface area is 192 Å². The predicted octanol–water partition coefficient (Wildman–Crippen LogP) is 0.993. The summed E-state index contributed by atoms with van der Waals surface area (Å²) in [6.45, 7) is 1.60. The maximum atomic E-state index is 13.0. The Morgan fingerprint density at radius 2 is 1.85 bits per heavy atom. The minimum absolute atomic E-state index is 0.204. The van der Waals surface area contributed by atoms with E-state index in [1.54, 1.807) is 11.6 Å². The first-order valence-electron chi connectivity index (χ1n) is 12.0. The number of aryl methyl sites for hydroxylation is 2. The SMILES string of the molecule is Cn1c(=O)n(C2CCC(=O)NC2=O)c2cccc(CCCC(=O)N3C[C@H]4CCC[C@@H](C3)N4)c21. The molecule has 9 nitrogen and oxygen atoms in total. The largest absolute Gasteiger partial charge is 0.340 e. The summed E-state index contributed by atoms with van der Waals surface area (Å²) in [6, 6.07) is 5.88. The minimum atomic E-state index is -0.692. The lowest BCUT2D eigenvalue weighted by Gasteiger charge is -2.42. The quantitative estimate of drug-likeness (QED) is 0.657. The van der Waals surface area contributed by atoms with Crippen molar-refractivity contribution in [1.29, 1.82) is 0 Å². The summed E-state index contributed by atoms with van der Waals surface area (Å²) in [4.78, 5) is 51.9. The number of aromatic nitrogens is 2. The Kier molecular flexibility index (Phi) is 5.82. The van der Waals surface area contributed by atoms with E-state index >= 15 is 0 Å². The van der Waals surface area contributed by atoms with Crippen LogP contribution in [0.3, 0.4) is 0 Å². The second kappa shape index (κ2) is 8.78. The molecule has 2 aromatic rings. The Morgan fingerprint density at radius 1 is 1.09 bits per heavy atom. The van der Waals surface area contributed by atoms with E-state index in [2.05, 4.69) is 10.6 Å². The van der Waals surface area contributed by atoms with Crippen molar-refractivity contribution >= 4 is 28.8 Å². The third-order valence-corrected chi connectivity index (χ3v) is 7.36. The van der Waals surface area contributed by atoms with Gasteiger partial charge in [0, 0.05) is 45.1 Å². The van der Waals surface area contributed by atoms with Gasteiger partial charge < -0.3 is 10.2 Å². The molecule has 5 rings (SSSR count). The number of hydrogen-bond donors (Lipinski definition) is 2. The van der Waals surface area contributed by atoms with Crippen molar-refractivity contribution < 1.29 is 14.4 Å². The first kappa shape index (κ1) is 21.9. The third-order valence-electron chi connectivity index (χ3n) is 7.36. The molecular weight excluding hydrogens is 422 g/mol. The zero-order valence-electron chi connectivity index (χ0n) is 19.0. The molecule has 3 aliphatic heterocycles. The van der Waals surface area contributed by atoms with Crippen LogP contribution in [-0.4, -0.2) is 56.9 Å². The number of fused-ring (bicyclic) bond motifs is 3. The molecule has 1 aromatic carbocycles. The molecule has 3 amide bonds. The summed E-state index contributed by atoms with van der Waals surface area (Å²) in [5, 5.41) is 5.95. The molecule has 3 atom stereocenters. The van der Waals surface area contributed by atoms with Crippen LogP contribution in [0.1, 0.15) is 56.6 Å². The van der Waals surface area contributed by atoms with Gasteiger partial charge in [-0.15, -0.1) is 0 Å². The number of rotatable bonds is 5. The van der Waals surface area contributed by atoms with Crippen LogP contribution in [0.4, 0.5) is 0 Å². The number of carbonyl (C=O) groups is 3. The van der Waals surface area contributed by atoms with Crippen LogP contribution in [0.2, 0.25) is 0 Å². The van der Waals surface area contributed by atoms with Crippen molar-refractivity contribution in [2.75, 3.05) is 13.1 Å². The number of amides is 3. The van der Waals surface area contributed by atoms with E-state index in [9.17, 15) is 19.2 Å². The Bertz CT molecular complexity index is 1150. The highest BCUT2D eigenvalue weighted by atomic mass is 16.2. The third kappa shape index (κ3) is 4.10. The maximum absolute atomic E-state index is 13.0. The molecule has 176 valence electrons. The van der Waals surface area contributed by atoms with E-state index in [1.165, 1.54) is 11.0 Å². The maximum Gasteiger partial charge on any atom is 0.329 e. The highest BCUT2D eigenvalue weighted by Crippen LogP contribution is 2.26. The lowest BCUT2D eigenvalue weighted by molar-refractivity contribution is -0.136. The summed E-state index contributed by atoms with van der Waals surface area (Å²) in [5.41, 5.74) is 2.20. The molecular formula is C24H31N5O4. The lowest BCUT2D eigenvalue weighted by atomic mass is 9.94. The molecule has 2 N–H and O–H groups in total. The van der Waals surface area contributed by atoms with Gasteiger partial charge in [0.2, 0.25) is 17.7 Å². The molecule has 1 unspecified atom stereocenters. The first-order chi connectivity index (χ1) is 15.9.